The summed E-state index contributed by atoms with van der Waals surface area (Å²) in [7, 11) is 1.34. The standard InChI is InChI=1S/C35H35NO5/c1-25-21-31(13-15-33(25)40-24-35(37)38-3)39-20-16-32(29-12-14-34-30(23-29)22-26(2)41-34)28-10-8-27(9-11-28)7-6-19-36-17-4-5-18-36/h8-16,21-23H,4-5,17-20,24H2,1-3H3. The van der Waals surface area contributed by atoms with E-state index in [1.807, 2.05) is 32.0 Å². The zero-order chi connectivity index (χ0) is 28.6. The summed E-state index contributed by atoms with van der Waals surface area (Å²) in [6, 6.07) is 22.2. The number of hydrogen-bond donors (Lipinski definition) is 0. The fraction of sp³-hybridized carbons (Fsp3) is 0.286. The van der Waals surface area contributed by atoms with E-state index in [0.717, 1.165) is 64.2 Å². The molecule has 0 unspecified atom stereocenters. The molecule has 1 fully saturated rings. The summed E-state index contributed by atoms with van der Waals surface area (Å²) < 4.78 is 22.1. The Morgan fingerprint density at radius 2 is 1.73 bits per heavy atom. The van der Waals surface area contributed by atoms with Crippen molar-refractivity contribution in [2.75, 3.05) is 40.0 Å². The maximum Gasteiger partial charge on any atom is 0.343 e. The fourth-order valence-electron chi connectivity index (χ4n) is 4.96. The molecule has 1 aromatic heterocycles. The first-order valence-electron chi connectivity index (χ1n) is 13.9. The highest BCUT2D eigenvalue weighted by Crippen LogP contribution is 2.29. The highest BCUT2D eigenvalue weighted by Gasteiger charge is 2.11. The minimum Gasteiger partial charge on any atom is -0.489 e. The largest absolute Gasteiger partial charge is 0.489 e. The lowest BCUT2D eigenvalue weighted by molar-refractivity contribution is -0.142. The van der Waals surface area contributed by atoms with Crippen LogP contribution in [0.2, 0.25) is 0 Å². The number of aryl methyl sites for hydroxylation is 2. The molecule has 4 aromatic rings. The van der Waals surface area contributed by atoms with E-state index in [9.17, 15) is 4.79 Å². The Hall–Kier alpha value is -4.47. The number of methoxy groups -OCH3 is 1. The number of fused-ring (bicyclic) bond motifs is 1. The van der Waals surface area contributed by atoms with Gasteiger partial charge in [-0.15, -0.1) is 0 Å². The number of carbonyl (C=O) groups is 1. The molecule has 0 spiro atoms. The second-order valence-electron chi connectivity index (χ2n) is 10.2. The zero-order valence-corrected chi connectivity index (χ0v) is 23.9. The van der Waals surface area contributed by atoms with Crippen LogP contribution >= 0.6 is 0 Å². The molecular formula is C35H35NO5. The maximum atomic E-state index is 11.4. The fourth-order valence-corrected chi connectivity index (χ4v) is 4.96. The zero-order valence-electron chi connectivity index (χ0n) is 23.9. The Kier molecular flexibility index (Phi) is 9.08. The van der Waals surface area contributed by atoms with Crippen LogP contribution in [0.4, 0.5) is 0 Å². The second kappa shape index (κ2) is 13.3. The van der Waals surface area contributed by atoms with Gasteiger partial charge in [-0.2, -0.15) is 0 Å². The molecule has 5 rings (SSSR count). The van der Waals surface area contributed by atoms with E-state index in [4.69, 9.17) is 13.9 Å². The van der Waals surface area contributed by atoms with Crippen LogP contribution in [-0.4, -0.2) is 50.8 Å². The minimum atomic E-state index is -0.423. The lowest BCUT2D eigenvalue weighted by atomic mass is 9.96. The molecule has 0 saturated carbocycles. The summed E-state index contributed by atoms with van der Waals surface area (Å²) >= 11 is 0. The maximum absolute atomic E-state index is 11.4. The Balaban J connectivity index is 1.34. The summed E-state index contributed by atoms with van der Waals surface area (Å²) in [6.07, 6.45) is 4.64. The molecule has 6 nitrogen and oxygen atoms in total. The van der Waals surface area contributed by atoms with Crippen molar-refractivity contribution in [3.8, 4) is 23.3 Å². The van der Waals surface area contributed by atoms with Gasteiger partial charge in [0.2, 0.25) is 0 Å². The third-order valence-corrected chi connectivity index (χ3v) is 7.14. The van der Waals surface area contributed by atoms with Gasteiger partial charge in [-0.3, -0.25) is 4.90 Å². The Bertz CT molecular complexity index is 1600. The number of carbonyl (C=O) groups excluding carboxylic acids is 1. The molecule has 41 heavy (non-hydrogen) atoms. The highest BCUT2D eigenvalue weighted by molar-refractivity contribution is 5.87. The van der Waals surface area contributed by atoms with Gasteiger partial charge in [-0.05, 0) is 117 Å². The molecule has 1 aliphatic heterocycles. The number of nitrogens with zero attached hydrogens (tertiary/aromatic N) is 1. The molecule has 0 atom stereocenters. The number of rotatable bonds is 9. The van der Waals surface area contributed by atoms with Gasteiger partial charge in [0.1, 0.15) is 29.4 Å². The summed E-state index contributed by atoms with van der Waals surface area (Å²) in [5.74, 6) is 8.43. The number of likely N-dealkylation sites (tertiary alicyclic amines) is 1. The van der Waals surface area contributed by atoms with Crippen LogP contribution in [0, 0.1) is 25.7 Å². The van der Waals surface area contributed by atoms with Gasteiger partial charge < -0.3 is 18.6 Å². The number of hydrogen-bond acceptors (Lipinski definition) is 6. The molecule has 1 aliphatic rings. The Morgan fingerprint density at radius 3 is 2.49 bits per heavy atom. The van der Waals surface area contributed by atoms with Gasteiger partial charge >= 0.3 is 5.97 Å². The Morgan fingerprint density at radius 1 is 0.951 bits per heavy atom. The SMILES string of the molecule is COC(=O)COc1ccc(OCC=C(c2ccc(C#CCN3CCCC3)cc2)c2ccc3oc(C)cc3c2)cc1C. The van der Waals surface area contributed by atoms with Crippen LogP contribution < -0.4 is 9.47 Å². The van der Waals surface area contributed by atoms with Crippen molar-refractivity contribution in [2.24, 2.45) is 0 Å². The Labute approximate surface area is 241 Å². The summed E-state index contributed by atoms with van der Waals surface area (Å²) in [4.78, 5) is 13.8. The van der Waals surface area contributed by atoms with Crippen molar-refractivity contribution in [3.63, 3.8) is 0 Å². The van der Waals surface area contributed by atoms with Crippen molar-refractivity contribution < 1.29 is 23.4 Å². The molecule has 3 aromatic carbocycles. The highest BCUT2D eigenvalue weighted by atomic mass is 16.6. The van der Waals surface area contributed by atoms with Crippen molar-refractivity contribution in [2.45, 2.75) is 26.7 Å². The molecule has 210 valence electrons. The third kappa shape index (κ3) is 7.39. The molecular weight excluding hydrogens is 514 g/mol. The topological polar surface area (TPSA) is 61.1 Å². The van der Waals surface area contributed by atoms with Crippen molar-refractivity contribution in [1.29, 1.82) is 0 Å². The number of esters is 1. The predicted octanol–water partition coefficient (Wildman–Crippen LogP) is 6.56. The van der Waals surface area contributed by atoms with Crippen molar-refractivity contribution >= 4 is 22.5 Å². The lowest BCUT2D eigenvalue weighted by Gasteiger charge is -2.12. The van der Waals surface area contributed by atoms with Gasteiger partial charge in [-0.1, -0.05) is 30.0 Å². The molecule has 6 heteroatoms. The average Bonchev–Trinajstić information content (AvgIpc) is 3.63. The summed E-state index contributed by atoms with van der Waals surface area (Å²) in [5, 5.41) is 1.06. The quantitative estimate of drug-likeness (QED) is 0.174. The minimum absolute atomic E-state index is 0.132. The van der Waals surface area contributed by atoms with Crippen molar-refractivity contribution in [3.05, 3.63) is 101 Å². The molecule has 0 radical (unpaired) electrons. The van der Waals surface area contributed by atoms with Crippen LogP contribution in [0.25, 0.3) is 16.5 Å². The van der Waals surface area contributed by atoms with Crippen LogP contribution in [0.3, 0.4) is 0 Å². The molecule has 0 bridgehead atoms. The first kappa shape index (κ1) is 28.1. The smallest absolute Gasteiger partial charge is 0.343 e. The lowest BCUT2D eigenvalue weighted by Crippen LogP contribution is -2.18. The van der Waals surface area contributed by atoms with E-state index in [2.05, 4.69) is 70.0 Å². The number of ether oxygens (including phenoxy) is 3. The molecule has 0 N–H and O–H groups in total. The average molecular weight is 550 g/mol. The molecule has 1 saturated heterocycles. The van der Waals surface area contributed by atoms with Gasteiger partial charge in [0, 0.05) is 10.9 Å². The second-order valence-corrected chi connectivity index (χ2v) is 10.2. The van der Waals surface area contributed by atoms with Crippen molar-refractivity contribution in [1.82, 2.24) is 4.90 Å². The number of benzene rings is 3. The third-order valence-electron chi connectivity index (χ3n) is 7.14. The normalized spacial score (nSPS) is 13.6. The summed E-state index contributed by atoms with van der Waals surface area (Å²) in [5.41, 5.74) is 5.98. The van der Waals surface area contributed by atoms with E-state index in [1.165, 1.54) is 20.0 Å². The molecule has 0 aliphatic carbocycles. The van der Waals surface area contributed by atoms with E-state index in [0.29, 0.717) is 18.1 Å². The number of furan rings is 1. The summed E-state index contributed by atoms with van der Waals surface area (Å²) in [6.45, 7) is 7.24. The van der Waals surface area contributed by atoms with Crippen LogP contribution in [0.15, 0.2) is 77.2 Å². The monoisotopic (exact) mass is 549 g/mol. The van der Waals surface area contributed by atoms with Crippen LogP contribution in [0.5, 0.6) is 11.5 Å². The van der Waals surface area contributed by atoms with E-state index in [1.54, 1.807) is 6.07 Å². The molecule has 2 heterocycles. The van der Waals surface area contributed by atoms with Crippen LogP contribution in [-0.2, 0) is 9.53 Å². The van der Waals surface area contributed by atoms with Crippen LogP contribution in [0.1, 0.15) is 40.9 Å². The first-order chi connectivity index (χ1) is 20.0. The van der Waals surface area contributed by atoms with Gasteiger partial charge in [0.05, 0.1) is 13.7 Å². The molecule has 0 amide bonds. The van der Waals surface area contributed by atoms with Gasteiger partial charge in [0.25, 0.3) is 0 Å². The first-order valence-corrected chi connectivity index (χ1v) is 13.9. The van der Waals surface area contributed by atoms with Gasteiger partial charge in [0.15, 0.2) is 6.61 Å². The van der Waals surface area contributed by atoms with E-state index in [-0.39, 0.29) is 6.61 Å². The van der Waals surface area contributed by atoms with E-state index < -0.39 is 5.97 Å². The van der Waals surface area contributed by atoms with E-state index >= 15 is 0 Å². The van der Waals surface area contributed by atoms with Gasteiger partial charge in [-0.25, -0.2) is 4.79 Å². The predicted molar refractivity (Wildman–Crippen MR) is 161 cm³/mol.